The molecular weight excluding hydrogens is 152 g/mol. The molecule has 0 atom stereocenters. The van der Waals surface area contributed by atoms with Crippen LogP contribution in [-0.4, -0.2) is 6.61 Å². The average molecular weight is 166 g/mol. The van der Waals surface area contributed by atoms with Gasteiger partial charge in [0.15, 0.2) is 0 Å². The second-order valence-corrected chi connectivity index (χ2v) is 2.65. The molecule has 4 N–H and O–H groups in total. The highest BCUT2D eigenvalue weighted by molar-refractivity contribution is 5.60. The number of benzene rings is 1. The van der Waals surface area contributed by atoms with Crippen molar-refractivity contribution in [2.45, 2.75) is 13.3 Å². The van der Waals surface area contributed by atoms with Gasteiger partial charge in [-0.3, -0.25) is 0 Å². The molecule has 0 spiro atoms. The molecule has 0 amide bonds. The van der Waals surface area contributed by atoms with Gasteiger partial charge in [0.25, 0.3) is 0 Å². The van der Waals surface area contributed by atoms with Gasteiger partial charge in [0.2, 0.25) is 0 Å². The van der Waals surface area contributed by atoms with Crippen LogP contribution in [0.1, 0.15) is 13.3 Å². The SMILES string of the molecule is CCCOc1ccc(N)cc1N. The van der Waals surface area contributed by atoms with E-state index in [1.165, 1.54) is 0 Å². The maximum atomic E-state index is 5.66. The summed E-state index contributed by atoms with van der Waals surface area (Å²) in [6.45, 7) is 2.74. The lowest BCUT2D eigenvalue weighted by Crippen LogP contribution is -1.99. The van der Waals surface area contributed by atoms with E-state index in [1.807, 2.05) is 6.92 Å². The van der Waals surface area contributed by atoms with E-state index in [9.17, 15) is 0 Å². The minimum Gasteiger partial charge on any atom is -0.491 e. The minimum atomic E-state index is 0.600. The molecule has 3 nitrogen and oxygen atoms in total. The molecule has 12 heavy (non-hydrogen) atoms. The van der Waals surface area contributed by atoms with Crippen LogP contribution in [0.25, 0.3) is 0 Å². The molecule has 0 radical (unpaired) electrons. The first-order valence-electron chi connectivity index (χ1n) is 4.02. The number of hydrogen-bond donors (Lipinski definition) is 2. The monoisotopic (exact) mass is 166 g/mol. The Labute approximate surface area is 72.3 Å². The molecule has 0 aliphatic rings. The Balaban J connectivity index is 2.72. The van der Waals surface area contributed by atoms with Gasteiger partial charge in [0, 0.05) is 5.69 Å². The van der Waals surface area contributed by atoms with Gasteiger partial charge in [-0.25, -0.2) is 0 Å². The van der Waals surface area contributed by atoms with Gasteiger partial charge in [-0.05, 0) is 24.6 Å². The van der Waals surface area contributed by atoms with Crippen LogP contribution in [0.2, 0.25) is 0 Å². The van der Waals surface area contributed by atoms with Gasteiger partial charge >= 0.3 is 0 Å². The summed E-state index contributed by atoms with van der Waals surface area (Å²) in [6, 6.07) is 5.27. The summed E-state index contributed by atoms with van der Waals surface area (Å²) in [4.78, 5) is 0. The lowest BCUT2D eigenvalue weighted by molar-refractivity contribution is 0.319. The lowest BCUT2D eigenvalue weighted by atomic mass is 10.2. The fraction of sp³-hybridized carbons (Fsp3) is 0.333. The van der Waals surface area contributed by atoms with Crippen molar-refractivity contribution in [3.05, 3.63) is 18.2 Å². The number of rotatable bonds is 3. The lowest BCUT2D eigenvalue weighted by Gasteiger charge is -2.07. The van der Waals surface area contributed by atoms with Gasteiger partial charge in [-0.1, -0.05) is 6.92 Å². The smallest absolute Gasteiger partial charge is 0.142 e. The molecule has 1 rings (SSSR count). The molecule has 1 aromatic rings. The van der Waals surface area contributed by atoms with E-state index in [0.717, 1.165) is 6.42 Å². The Kier molecular flexibility index (Phi) is 2.80. The minimum absolute atomic E-state index is 0.600. The Bertz CT molecular complexity index is 261. The number of anilines is 2. The molecular formula is C9H14N2O. The zero-order valence-electron chi connectivity index (χ0n) is 7.21. The molecule has 1 aromatic carbocycles. The highest BCUT2D eigenvalue weighted by atomic mass is 16.5. The van der Waals surface area contributed by atoms with Crippen molar-refractivity contribution in [2.24, 2.45) is 0 Å². The Hall–Kier alpha value is -1.38. The molecule has 3 heteroatoms. The van der Waals surface area contributed by atoms with Crippen LogP contribution >= 0.6 is 0 Å². The van der Waals surface area contributed by atoms with Crippen molar-refractivity contribution in [1.82, 2.24) is 0 Å². The maximum Gasteiger partial charge on any atom is 0.142 e. The summed E-state index contributed by atoms with van der Waals surface area (Å²) in [7, 11) is 0. The summed E-state index contributed by atoms with van der Waals surface area (Å²) in [5.74, 6) is 0.714. The molecule has 0 unspecified atom stereocenters. The largest absolute Gasteiger partial charge is 0.491 e. The topological polar surface area (TPSA) is 61.3 Å². The van der Waals surface area contributed by atoms with Crippen LogP contribution in [-0.2, 0) is 0 Å². The van der Waals surface area contributed by atoms with Crippen LogP contribution < -0.4 is 16.2 Å². The van der Waals surface area contributed by atoms with Crippen molar-refractivity contribution in [1.29, 1.82) is 0 Å². The Morgan fingerprint density at radius 2 is 2.08 bits per heavy atom. The van der Waals surface area contributed by atoms with E-state index in [0.29, 0.717) is 23.7 Å². The van der Waals surface area contributed by atoms with E-state index in [-0.39, 0.29) is 0 Å². The molecule has 0 fully saturated rings. The van der Waals surface area contributed by atoms with E-state index < -0.39 is 0 Å². The number of hydrogen-bond acceptors (Lipinski definition) is 3. The summed E-state index contributed by atoms with van der Waals surface area (Å²) >= 11 is 0. The van der Waals surface area contributed by atoms with Crippen molar-refractivity contribution in [2.75, 3.05) is 18.1 Å². The molecule has 0 bridgehead atoms. The van der Waals surface area contributed by atoms with Crippen LogP contribution in [0, 0.1) is 0 Å². The highest BCUT2D eigenvalue weighted by Crippen LogP contribution is 2.23. The molecule has 0 heterocycles. The predicted molar refractivity (Wildman–Crippen MR) is 51.1 cm³/mol. The van der Waals surface area contributed by atoms with Gasteiger partial charge in [0.05, 0.1) is 12.3 Å². The zero-order chi connectivity index (χ0) is 8.97. The first-order valence-corrected chi connectivity index (χ1v) is 4.02. The first kappa shape index (κ1) is 8.71. The van der Waals surface area contributed by atoms with Crippen LogP contribution in [0.3, 0.4) is 0 Å². The van der Waals surface area contributed by atoms with E-state index in [1.54, 1.807) is 18.2 Å². The molecule has 0 aromatic heterocycles. The Morgan fingerprint density at radius 3 is 2.67 bits per heavy atom. The van der Waals surface area contributed by atoms with Crippen molar-refractivity contribution in [3.8, 4) is 5.75 Å². The molecule has 0 aliphatic carbocycles. The van der Waals surface area contributed by atoms with E-state index >= 15 is 0 Å². The normalized spacial score (nSPS) is 9.75. The molecule has 0 saturated heterocycles. The van der Waals surface area contributed by atoms with Crippen LogP contribution in [0.4, 0.5) is 11.4 Å². The third-order valence-corrected chi connectivity index (χ3v) is 1.50. The van der Waals surface area contributed by atoms with Crippen LogP contribution in [0.5, 0.6) is 5.75 Å². The number of nitrogen functional groups attached to an aromatic ring is 2. The summed E-state index contributed by atoms with van der Waals surface area (Å²) in [6.07, 6.45) is 0.976. The van der Waals surface area contributed by atoms with Gasteiger partial charge < -0.3 is 16.2 Å². The number of ether oxygens (including phenoxy) is 1. The number of nitrogens with two attached hydrogens (primary N) is 2. The van der Waals surface area contributed by atoms with Gasteiger partial charge in [-0.2, -0.15) is 0 Å². The zero-order valence-corrected chi connectivity index (χ0v) is 7.21. The summed E-state index contributed by atoms with van der Waals surface area (Å²) in [5, 5.41) is 0. The average Bonchev–Trinajstić information content (AvgIpc) is 2.03. The molecule has 0 saturated carbocycles. The molecule has 66 valence electrons. The van der Waals surface area contributed by atoms with Crippen molar-refractivity contribution < 1.29 is 4.74 Å². The highest BCUT2D eigenvalue weighted by Gasteiger charge is 1.98. The summed E-state index contributed by atoms with van der Waals surface area (Å²) in [5.41, 5.74) is 12.4. The third-order valence-electron chi connectivity index (χ3n) is 1.50. The molecule has 0 aliphatic heterocycles. The van der Waals surface area contributed by atoms with Crippen molar-refractivity contribution in [3.63, 3.8) is 0 Å². The first-order chi connectivity index (χ1) is 5.74. The second-order valence-electron chi connectivity index (χ2n) is 2.65. The Morgan fingerprint density at radius 1 is 1.33 bits per heavy atom. The quantitative estimate of drug-likeness (QED) is 0.671. The fourth-order valence-electron chi connectivity index (χ4n) is 0.910. The standard InChI is InChI=1S/C9H14N2O/c1-2-5-12-9-4-3-7(10)6-8(9)11/h3-4,6H,2,5,10-11H2,1H3. The second kappa shape index (κ2) is 3.85. The van der Waals surface area contributed by atoms with Gasteiger partial charge in [0.1, 0.15) is 5.75 Å². The van der Waals surface area contributed by atoms with E-state index in [4.69, 9.17) is 16.2 Å². The van der Waals surface area contributed by atoms with Crippen molar-refractivity contribution >= 4 is 11.4 Å². The maximum absolute atomic E-state index is 5.66. The van der Waals surface area contributed by atoms with Crippen LogP contribution in [0.15, 0.2) is 18.2 Å². The third kappa shape index (κ3) is 2.05. The fourth-order valence-corrected chi connectivity index (χ4v) is 0.910. The predicted octanol–water partition coefficient (Wildman–Crippen LogP) is 1.64. The van der Waals surface area contributed by atoms with Gasteiger partial charge in [-0.15, -0.1) is 0 Å². The summed E-state index contributed by atoms with van der Waals surface area (Å²) < 4.78 is 5.36. The van der Waals surface area contributed by atoms with E-state index in [2.05, 4.69) is 0 Å².